The first kappa shape index (κ1) is 14.8. The fourth-order valence-electron chi connectivity index (χ4n) is 1.90. The molecule has 0 saturated carbocycles. The van der Waals surface area contributed by atoms with Crippen LogP contribution in [-0.2, 0) is 6.54 Å². The van der Waals surface area contributed by atoms with Crippen LogP contribution in [0.4, 0.5) is 5.69 Å². The first-order valence-electron chi connectivity index (χ1n) is 6.04. The summed E-state index contributed by atoms with van der Waals surface area (Å²) in [4.78, 5) is 0. The highest BCUT2D eigenvalue weighted by atomic mass is 35.5. The minimum atomic E-state index is 0.513. The van der Waals surface area contributed by atoms with E-state index in [0.717, 1.165) is 22.7 Å². The van der Waals surface area contributed by atoms with Crippen molar-refractivity contribution < 1.29 is 9.47 Å². The zero-order chi connectivity index (χ0) is 14.5. The SMILES string of the molecule is COc1ccc(Cl)cc1NCc1c(Cl)cccc1OC. The molecule has 0 heterocycles. The van der Waals surface area contributed by atoms with E-state index < -0.39 is 0 Å². The van der Waals surface area contributed by atoms with E-state index in [2.05, 4.69) is 5.32 Å². The number of methoxy groups -OCH3 is 2. The van der Waals surface area contributed by atoms with E-state index in [1.165, 1.54) is 0 Å². The van der Waals surface area contributed by atoms with Gasteiger partial charge in [-0.05, 0) is 30.3 Å². The molecule has 0 spiro atoms. The van der Waals surface area contributed by atoms with Gasteiger partial charge in [0.15, 0.2) is 0 Å². The van der Waals surface area contributed by atoms with E-state index in [0.29, 0.717) is 16.6 Å². The van der Waals surface area contributed by atoms with Gasteiger partial charge in [-0.3, -0.25) is 0 Å². The number of benzene rings is 2. The Hall–Kier alpha value is -1.58. The van der Waals surface area contributed by atoms with Crippen LogP contribution >= 0.6 is 23.2 Å². The molecule has 0 amide bonds. The summed E-state index contributed by atoms with van der Waals surface area (Å²) < 4.78 is 10.6. The lowest BCUT2D eigenvalue weighted by Crippen LogP contribution is -2.04. The highest BCUT2D eigenvalue weighted by Gasteiger charge is 2.09. The second-order valence-corrected chi connectivity index (χ2v) is 4.96. The number of hydrogen-bond acceptors (Lipinski definition) is 3. The fraction of sp³-hybridized carbons (Fsp3) is 0.200. The fourth-order valence-corrected chi connectivity index (χ4v) is 2.31. The van der Waals surface area contributed by atoms with Crippen LogP contribution in [0.5, 0.6) is 11.5 Å². The normalized spacial score (nSPS) is 10.2. The lowest BCUT2D eigenvalue weighted by molar-refractivity contribution is 0.409. The highest BCUT2D eigenvalue weighted by molar-refractivity contribution is 6.31. The molecule has 20 heavy (non-hydrogen) atoms. The summed E-state index contributed by atoms with van der Waals surface area (Å²) in [5.74, 6) is 1.46. The topological polar surface area (TPSA) is 30.5 Å². The van der Waals surface area contributed by atoms with E-state index in [4.69, 9.17) is 32.7 Å². The number of anilines is 1. The summed E-state index contributed by atoms with van der Waals surface area (Å²) in [6.45, 7) is 0.513. The van der Waals surface area contributed by atoms with E-state index in [1.807, 2.05) is 30.3 Å². The lowest BCUT2D eigenvalue weighted by atomic mass is 10.2. The minimum absolute atomic E-state index is 0.513. The highest BCUT2D eigenvalue weighted by Crippen LogP contribution is 2.31. The molecular weight excluding hydrogens is 297 g/mol. The van der Waals surface area contributed by atoms with E-state index in [9.17, 15) is 0 Å². The van der Waals surface area contributed by atoms with Gasteiger partial charge in [-0.1, -0.05) is 29.3 Å². The van der Waals surface area contributed by atoms with Gasteiger partial charge in [-0.15, -0.1) is 0 Å². The Morgan fingerprint density at radius 2 is 1.75 bits per heavy atom. The number of halogens is 2. The van der Waals surface area contributed by atoms with Gasteiger partial charge in [-0.2, -0.15) is 0 Å². The lowest BCUT2D eigenvalue weighted by Gasteiger charge is -2.14. The molecule has 0 unspecified atom stereocenters. The predicted octanol–water partition coefficient (Wildman–Crippen LogP) is 4.62. The standard InChI is InChI=1S/C15H15Cl2NO2/c1-19-14-5-3-4-12(17)11(14)9-18-13-8-10(16)6-7-15(13)20-2/h3-8,18H,9H2,1-2H3. The molecule has 5 heteroatoms. The zero-order valence-corrected chi connectivity index (χ0v) is 12.8. The van der Waals surface area contributed by atoms with Crippen molar-refractivity contribution in [3.8, 4) is 11.5 Å². The summed E-state index contributed by atoms with van der Waals surface area (Å²) in [6, 6.07) is 11.0. The minimum Gasteiger partial charge on any atom is -0.496 e. The quantitative estimate of drug-likeness (QED) is 0.873. The van der Waals surface area contributed by atoms with Gasteiger partial charge in [-0.25, -0.2) is 0 Å². The van der Waals surface area contributed by atoms with E-state index >= 15 is 0 Å². The average Bonchev–Trinajstić information content (AvgIpc) is 2.46. The Morgan fingerprint density at radius 1 is 1.00 bits per heavy atom. The molecule has 2 rings (SSSR count). The summed E-state index contributed by atoms with van der Waals surface area (Å²) in [5.41, 5.74) is 1.70. The molecule has 2 aromatic carbocycles. The largest absolute Gasteiger partial charge is 0.496 e. The number of rotatable bonds is 5. The monoisotopic (exact) mass is 311 g/mol. The molecule has 0 aromatic heterocycles. The first-order valence-corrected chi connectivity index (χ1v) is 6.80. The second kappa shape index (κ2) is 6.73. The van der Waals surface area contributed by atoms with Gasteiger partial charge in [0.2, 0.25) is 0 Å². The van der Waals surface area contributed by atoms with Crippen LogP contribution in [0.1, 0.15) is 5.56 Å². The van der Waals surface area contributed by atoms with Crippen molar-refractivity contribution in [2.45, 2.75) is 6.54 Å². The predicted molar refractivity (Wildman–Crippen MR) is 83.3 cm³/mol. The molecule has 0 bridgehead atoms. The molecule has 3 nitrogen and oxygen atoms in total. The molecule has 106 valence electrons. The molecule has 0 saturated heterocycles. The van der Waals surface area contributed by atoms with Crippen LogP contribution in [0.25, 0.3) is 0 Å². The van der Waals surface area contributed by atoms with Gasteiger partial charge in [0.05, 0.1) is 19.9 Å². The van der Waals surface area contributed by atoms with Crippen LogP contribution in [0.3, 0.4) is 0 Å². The van der Waals surface area contributed by atoms with Crippen molar-refractivity contribution in [1.29, 1.82) is 0 Å². The zero-order valence-electron chi connectivity index (χ0n) is 11.2. The molecule has 0 aliphatic carbocycles. The maximum absolute atomic E-state index is 6.20. The van der Waals surface area contributed by atoms with Crippen molar-refractivity contribution in [1.82, 2.24) is 0 Å². The van der Waals surface area contributed by atoms with Gasteiger partial charge in [0.25, 0.3) is 0 Å². The van der Waals surface area contributed by atoms with Crippen LogP contribution in [0.15, 0.2) is 36.4 Å². The van der Waals surface area contributed by atoms with Crippen LogP contribution in [0.2, 0.25) is 10.0 Å². The van der Waals surface area contributed by atoms with Gasteiger partial charge in [0, 0.05) is 22.2 Å². The van der Waals surface area contributed by atoms with Crippen molar-refractivity contribution in [2.24, 2.45) is 0 Å². The van der Waals surface area contributed by atoms with Crippen LogP contribution in [-0.4, -0.2) is 14.2 Å². The summed E-state index contributed by atoms with van der Waals surface area (Å²) in [7, 11) is 3.24. The smallest absolute Gasteiger partial charge is 0.142 e. The summed E-state index contributed by atoms with van der Waals surface area (Å²) in [6.07, 6.45) is 0. The second-order valence-electron chi connectivity index (χ2n) is 4.12. The Kier molecular flexibility index (Phi) is 4.99. The molecule has 0 radical (unpaired) electrons. The van der Waals surface area contributed by atoms with Gasteiger partial charge >= 0.3 is 0 Å². The third-order valence-electron chi connectivity index (χ3n) is 2.91. The Labute approximate surface area is 128 Å². The number of ether oxygens (including phenoxy) is 2. The number of nitrogens with one attached hydrogen (secondary N) is 1. The third kappa shape index (κ3) is 3.30. The third-order valence-corrected chi connectivity index (χ3v) is 3.50. The molecule has 2 aromatic rings. The van der Waals surface area contributed by atoms with Crippen molar-refractivity contribution in [3.63, 3.8) is 0 Å². The molecule has 0 fully saturated rings. The molecule has 0 atom stereocenters. The Balaban J connectivity index is 2.23. The summed E-state index contributed by atoms with van der Waals surface area (Å²) in [5, 5.41) is 4.55. The maximum Gasteiger partial charge on any atom is 0.142 e. The van der Waals surface area contributed by atoms with E-state index in [1.54, 1.807) is 20.3 Å². The van der Waals surface area contributed by atoms with Crippen molar-refractivity contribution in [2.75, 3.05) is 19.5 Å². The Morgan fingerprint density at radius 3 is 2.45 bits per heavy atom. The average molecular weight is 312 g/mol. The molecule has 1 N–H and O–H groups in total. The van der Waals surface area contributed by atoms with Gasteiger partial charge < -0.3 is 14.8 Å². The van der Waals surface area contributed by atoms with Gasteiger partial charge in [0.1, 0.15) is 11.5 Å². The molecular formula is C15H15Cl2NO2. The molecule has 0 aliphatic rings. The van der Waals surface area contributed by atoms with E-state index in [-0.39, 0.29) is 0 Å². The van der Waals surface area contributed by atoms with Crippen molar-refractivity contribution in [3.05, 3.63) is 52.0 Å². The summed E-state index contributed by atoms with van der Waals surface area (Å²) >= 11 is 12.2. The van der Waals surface area contributed by atoms with Crippen LogP contribution < -0.4 is 14.8 Å². The Bertz CT molecular complexity index is 602. The van der Waals surface area contributed by atoms with Crippen LogP contribution in [0, 0.1) is 0 Å². The molecule has 0 aliphatic heterocycles. The maximum atomic E-state index is 6.20. The number of hydrogen-bond donors (Lipinski definition) is 1. The first-order chi connectivity index (χ1) is 9.65. The van der Waals surface area contributed by atoms with Crippen molar-refractivity contribution >= 4 is 28.9 Å².